The van der Waals surface area contributed by atoms with Gasteiger partial charge in [0.15, 0.2) is 6.79 Å². The molecule has 0 unspecified atom stereocenters. The predicted octanol–water partition coefficient (Wildman–Crippen LogP) is 2.02. The zero-order chi connectivity index (χ0) is 10.6. The van der Waals surface area contributed by atoms with E-state index in [2.05, 4.69) is 4.74 Å². The number of rotatable bonds is 4. The smallest absolute Gasteiger partial charge is 0.339 e. The second kappa shape index (κ2) is 4.83. The summed E-state index contributed by atoms with van der Waals surface area (Å²) in [5.41, 5.74) is 0.0227. The zero-order valence-electron chi connectivity index (χ0n) is 7.49. The van der Waals surface area contributed by atoms with Gasteiger partial charge in [0.1, 0.15) is 11.3 Å². The molecule has 1 N–H and O–H groups in total. The number of carbonyl (C=O) groups is 1. The summed E-state index contributed by atoms with van der Waals surface area (Å²) in [5.74, 6) is -0.845. The van der Waals surface area contributed by atoms with Crippen LogP contribution in [0, 0.1) is 0 Å². The van der Waals surface area contributed by atoms with Gasteiger partial charge in [-0.3, -0.25) is 0 Å². The summed E-state index contributed by atoms with van der Waals surface area (Å²) in [7, 11) is 1.45. The minimum absolute atomic E-state index is 0.00190. The van der Waals surface area contributed by atoms with E-state index in [0.29, 0.717) is 5.02 Å². The average Bonchev–Trinajstić information content (AvgIpc) is 2.15. The molecule has 0 spiro atoms. The van der Waals surface area contributed by atoms with Crippen molar-refractivity contribution in [1.29, 1.82) is 0 Å². The minimum Gasteiger partial charge on any atom is -0.478 e. The van der Waals surface area contributed by atoms with Crippen LogP contribution in [-0.2, 0) is 4.74 Å². The highest BCUT2D eigenvalue weighted by Gasteiger charge is 2.11. The molecule has 1 aromatic rings. The van der Waals surface area contributed by atoms with E-state index in [1.54, 1.807) is 6.07 Å². The maximum absolute atomic E-state index is 10.8. The summed E-state index contributed by atoms with van der Waals surface area (Å²) < 4.78 is 9.70. The standard InChI is InChI=1S/C9H9ClO4/c1-13-5-14-8-3-2-6(10)4-7(8)9(11)12/h2-4H,5H2,1H3,(H,11,12)/i9+2. The van der Waals surface area contributed by atoms with Crippen LogP contribution < -0.4 is 4.74 Å². The topological polar surface area (TPSA) is 55.8 Å². The minimum atomic E-state index is -1.08. The molecule has 0 fully saturated rings. The van der Waals surface area contributed by atoms with Crippen molar-refractivity contribution in [3.8, 4) is 5.75 Å². The molecule has 1 aromatic carbocycles. The molecule has 0 aliphatic heterocycles. The van der Waals surface area contributed by atoms with Gasteiger partial charge in [-0.1, -0.05) is 11.6 Å². The van der Waals surface area contributed by atoms with E-state index < -0.39 is 5.97 Å². The van der Waals surface area contributed by atoms with Crippen LogP contribution in [0.5, 0.6) is 5.75 Å². The molecule has 0 radical (unpaired) electrons. The van der Waals surface area contributed by atoms with Gasteiger partial charge in [-0.25, -0.2) is 4.79 Å². The van der Waals surface area contributed by atoms with Crippen molar-refractivity contribution in [3.63, 3.8) is 0 Å². The first-order valence-corrected chi connectivity index (χ1v) is 4.17. The van der Waals surface area contributed by atoms with Gasteiger partial charge in [0.2, 0.25) is 0 Å². The van der Waals surface area contributed by atoms with Gasteiger partial charge in [0.25, 0.3) is 0 Å². The maximum Gasteiger partial charge on any atom is 0.339 e. The van der Waals surface area contributed by atoms with E-state index in [9.17, 15) is 4.79 Å². The Morgan fingerprint density at radius 2 is 2.29 bits per heavy atom. The van der Waals surface area contributed by atoms with Crippen molar-refractivity contribution in [2.75, 3.05) is 13.9 Å². The van der Waals surface area contributed by atoms with Crippen LogP contribution in [0.15, 0.2) is 18.2 Å². The number of hydrogen-bond donors (Lipinski definition) is 1. The fraction of sp³-hybridized carbons (Fsp3) is 0.222. The molecule has 0 aliphatic rings. The van der Waals surface area contributed by atoms with Crippen molar-refractivity contribution in [3.05, 3.63) is 28.8 Å². The summed E-state index contributed by atoms with van der Waals surface area (Å²) in [6.45, 7) is 0.00190. The molecule has 0 bridgehead atoms. The molecule has 14 heavy (non-hydrogen) atoms. The summed E-state index contributed by atoms with van der Waals surface area (Å²) in [6, 6.07) is 4.37. The Balaban J connectivity index is 2.96. The lowest BCUT2D eigenvalue weighted by atomic mass is 10.3. The number of methoxy groups -OCH3 is 1. The molecule has 1 rings (SSSR count). The van der Waals surface area contributed by atoms with E-state index in [0.717, 1.165) is 0 Å². The van der Waals surface area contributed by atoms with Gasteiger partial charge in [0, 0.05) is 12.1 Å². The lowest BCUT2D eigenvalue weighted by Gasteiger charge is -2.07. The highest BCUT2D eigenvalue weighted by atomic mass is 35.5. The summed E-state index contributed by atoms with van der Waals surface area (Å²) in [5, 5.41) is 9.16. The first-order valence-electron chi connectivity index (χ1n) is 3.79. The van der Waals surface area contributed by atoms with Gasteiger partial charge < -0.3 is 14.6 Å². The largest absolute Gasteiger partial charge is 0.478 e. The van der Waals surface area contributed by atoms with Crippen LogP contribution in [0.3, 0.4) is 0 Å². The van der Waals surface area contributed by atoms with E-state index in [-0.39, 0.29) is 18.1 Å². The summed E-state index contributed by atoms with van der Waals surface area (Å²) in [6.07, 6.45) is 0. The van der Waals surface area contributed by atoms with Crippen molar-refractivity contribution in [2.24, 2.45) is 0 Å². The van der Waals surface area contributed by atoms with Gasteiger partial charge in [-0.2, -0.15) is 0 Å². The Morgan fingerprint density at radius 1 is 1.57 bits per heavy atom. The Hall–Kier alpha value is -1.26. The van der Waals surface area contributed by atoms with Crippen molar-refractivity contribution in [2.45, 2.75) is 0 Å². The van der Waals surface area contributed by atoms with Crippen LogP contribution >= 0.6 is 11.6 Å². The average molecular weight is 219 g/mol. The number of halogens is 1. The van der Waals surface area contributed by atoms with E-state index in [4.69, 9.17) is 21.4 Å². The fourth-order valence-corrected chi connectivity index (χ4v) is 1.09. The van der Waals surface area contributed by atoms with E-state index in [1.807, 2.05) is 0 Å². The SMILES string of the molecule is COCOc1ccc(Cl)cc1[14C](=O)O. The highest BCUT2D eigenvalue weighted by molar-refractivity contribution is 6.31. The molecular formula is C9H9ClO4. The van der Waals surface area contributed by atoms with Crippen LogP contribution in [0.2, 0.25) is 5.02 Å². The molecule has 0 aliphatic carbocycles. The number of benzene rings is 1. The second-order valence-corrected chi connectivity index (χ2v) is 2.93. The van der Waals surface area contributed by atoms with Crippen LogP contribution in [0.1, 0.15) is 10.4 Å². The lowest BCUT2D eigenvalue weighted by molar-refractivity contribution is 0.0483. The third-order valence-electron chi connectivity index (χ3n) is 1.50. The molecule has 0 aromatic heterocycles. The molecule has 4 nitrogen and oxygen atoms in total. The van der Waals surface area contributed by atoms with Crippen LogP contribution in [0.4, 0.5) is 0 Å². The number of ether oxygens (including phenoxy) is 2. The first kappa shape index (κ1) is 10.8. The summed E-state index contributed by atoms with van der Waals surface area (Å²) in [4.78, 5) is 10.8. The fourth-order valence-electron chi connectivity index (χ4n) is 0.918. The quantitative estimate of drug-likeness (QED) is 0.786. The Kier molecular flexibility index (Phi) is 3.73. The van der Waals surface area contributed by atoms with Crippen molar-refractivity contribution >= 4 is 17.6 Å². The molecule has 5 heteroatoms. The molecule has 0 saturated carbocycles. The van der Waals surface area contributed by atoms with E-state index >= 15 is 0 Å². The molecule has 0 atom stereocenters. The molecular weight excluding hydrogens is 210 g/mol. The predicted molar refractivity (Wildman–Crippen MR) is 50.9 cm³/mol. The monoisotopic (exact) mass is 218 g/mol. The van der Waals surface area contributed by atoms with Gasteiger partial charge in [0.05, 0.1) is 0 Å². The van der Waals surface area contributed by atoms with E-state index in [1.165, 1.54) is 19.2 Å². The Morgan fingerprint density at radius 3 is 2.86 bits per heavy atom. The normalized spacial score (nSPS) is 9.86. The third-order valence-corrected chi connectivity index (χ3v) is 1.74. The number of aromatic carboxylic acids is 1. The number of carboxylic acids is 1. The Bertz CT molecular complexity index is 338. The van der Waals surface area contributed by atoms with Crippen molar-refractivity contribution < 1.29 is 19.4 Å². The second-order valence-electron chi connectivity index (χ2n) is 2.50. The van der Waals surface area contributed by atoms with Gasteiger partial charge >= 0.3 is 5.97 Å². The molecule has 0 saturated heterocycles. The zero-order valence-corrected chi connectivity index (χ0v) is 8.25. The first-order chi connectivity index (χ1) is 6.65. The van der Waals surface area contributed by atoms with Crippen molar-refractivity contribution in [1.82, 2.24) is 0 Å². The third kappa shape index (κ3) is 2.61. The Labute approximate surface area is 86.0 Å². The lowest BCUT2D eigenvalue weighted by Crippen LogP contribution is -2.05. The highest BCUT2D eigenvalue weighted by Crippen LogP contribution is 2.22. The van der Waals surface area contributed by atoms with Gasteiger partial charge in [-0.15, -0.1) is 0 Å². The van der Waals surface area contributed by atoms with Gasteiger partial charge in [-0.05, 0) is 18.2 Å². The van der Waals surface area contributed by atoms with Crippen LogP contribution in [-0.4, -0.2) is 25.0 Å². The van der Waals surface area contributed by atoms with Crippen LogP contribution in [0.25, 0.3) is 0 Å². The molecule has 0 amide bonds. The number of carboxylic acid groups (broad SMARTS) is 1. The number of hydrogen-bond acceptors (Lipinski definition) is 3. The molecule has 0 heterocycles. The summed E-state index contributed by atoms with van der Waals surface area (Å²) >= 11 is 5.64. The molecule has 76 valence electrons. The maximum atomic E-state index is 10.8.